The third kappa shape index (κ3) is 3.91. The van der Waals surface area contributed by atoms with Crippen molar-refractivity contribution in [1.29, 1.82) is 0 Å². The number of hydrogen-bond donors (Lipinski definition) is 2. The van der Waals surface area contributed by atoms with Crippen LogP contribution in [0, 0.1) is 0 Å². The number of benzene rings is 1. The Kier molecular flexibility index (Phi) is 5.32. The highest BCUT2D eigenvalue weighted by molar-refractivity contribution is 6.03. The summed E-state index contributed by atoms with van der Waals surface area (Å²) < 4.78 is 1.66. The number of amides is 2. The van der Waals surface area contributed by atoms with Crippen LogP contribution in [-0.4, -0.2) is 50.6 Å². The third-order valence-corrected chi connectivity index (χ3v) is 4.62. The minimum atomic E-state index is -0.240. The van der Waals surface area contributed by atoms with Gasteiger partial charge in [0, 0.05) is 38.7 Å². The van der Waals surface area contributed by atoms with Crippen molar-refractivity contribution in [3.63, 3.8) is 0 Å². The van der Waals surface area contributed by atoms with E-state index in [1.807, 2.05) is 26.0 Å². The van der Waals surface area contributed by atoms with Gasteiger partial charge in [0.25, 0.3) is 5.91 Å². The molecule has 0 saturated carbocycles. The Balaban J connectivity index is 1.63. The van der Waals surface area contributed by atoms with Crippen LogP contribution in [0.4, 0.5) is 5.95 Å². The van der Waals surface area contributed by atoms with Crippen LogP contribution in [0.1, 0.15) is 35.6 Å². The Bertz CT molecular complexity index is 799. The number of nitrogens with one attached hydrogen (secondary N) is 2. The summed E-state index contributed by atoms with van der Waals surface area (Å²) in [6.07, 6.45) is 0.751. The summed E-state index contributed by atoms with van der Waals surface area (Å²) in [5.41, 5.74) is 1.61. The molecule has 1 atom stereocenters. The summed E-state index contributed by atoms with van der Waals surface area (Å²) in [4.78, 5) is 30.5. The molecule has 2 amide bonds. The summed E-state index contributed by atoms with van der Waals surface area (Å²) in [5.74, 6) is 0.944. The van der Waals surface area contributed by atoms with Gasteiger partial charge in [0.2, 0.25) is 11.9 Å². The van der Waals surface area contributed by atoms with Crippen LogP contribution >= 0.6 is 0 Å². The molecule has 8 nitrogen and oxygen atoms in total. The van der Waals surface area contributed by atoms with Crippen molar-refractivity contribution in [1.82, 2.24) is 25.0 Å². The summed E-state index contributed by atoms with van der Waals surface area (Å²) in [7, 11) is 1.80. The van der Waals surface area contributed by atoms with Gasteiger partial charge in [-0.05, 0) is 24.6 Å². The highest BCUT2D eigenvalue weighted by Crippen LogP contribution is 2.13. The molecule has 1 aliphatic heterocycles. The molecule has 0 radical (unpaired) electrons. The minimum Gasteiger partial charge on any atom is -0.353 e. The second-order valence-corrected chi connectivity index (χ2v) is 6.42. The maximum absolute atomic E-state index is 12.4. The van der Waals surface area contributed by atoms with E-state index in [4.69, 9.17) is 0 Å². The average Bonchev–Trinajstić information content (AvgIpc) is 2.99. The fourth-order valence-electron chi connectivity index (χ4n) is 2.99. The van der Waals surface area contributed by atoms with E-state index < -0.39 is 0 Å². The van der Waals surface area contributed by atoms with Crippen molar-refractivity contribution in [2.75, 3.05) is 18.4 Å². The van der Waals surface area contributed by atoms with Crippen molar-refractivity contribution in [3.8, 4) is 0 Å². The van der Waals surface area contributed by atoms with Crippen LogP contribution < -0.4 is 10.6 Å². The number of carbonyl (C=O) groups excluding carboxylic acids is 2. The van der Waals surface area contributed by atoms with Crippen molar-refractivity contribution >= 4 is 17.8 Å². The van der Waals surface area contributed by atoms with Gasteiger partial charge in [-0.3, -0.25) is 24.5 Å². The van der Waals surface area contributed by atoms with E-state index in [1.165, 1.54) is 0 Å². The fraction of sp³-hybridized carbons (Fsp3) is 0.444. The fourth-order valence-corrected chi connectivity index (χ4v) is 2.99. The minimum absolute atomic E-state index is 0.0570. The van der Waals surface area contributed by atoms with Gasteiger partial charge in [0.15, 0.2) is 0 Å². The number of rotatable bonds is 5. The summed E-state index contributed by atoms with van der Waals surface area (Å²) in [6, 6.07) is 7.25. The molecule has 1 aromatic carbocycles. The van der Waals surface area contributed by atoms with E-state index in [1.54, 1.807) is 23.9 Å². The third-order valence-electron chi connectivity index (χ3n) is 4.62. The standard InChI is InChI=1S/C18H24N6O2/c1-4-15-20-18(22-23(15)3)21-17(26)14-7-5-13(6-8-14)11-24-10-9-19-16(25)12(24)2/h5-8,12H,4,9-11H2,1-3H3,(H,19,25)(H,21,22,26)/t12-/m1/s1. The number of aryl methyl sites for hydroxylation is 2. The second kappa shape index (κ2) is 7.65. The molecule has 0 bridgehead atoms. The Hall–Kier alpha value is -2.74. The molecule has 26 heavy (non-hydrogen) atoms. The predicted molar refractivity (Wildman–Crippen MR) is 97.7 cm³/mol. The molecular weight excluding hydrogens is 332 g/mol. The van der Waals surface area contributed by atoms with Gasteiger partial charge < -0.3 is 5.32 Å². The quantitative estimate of drug-likeness (QED) is 0.832. The Morgan fingerprint density at radius 2 is 2.08 bits per heavy atom. The van der Waals surface area contributed by atoms with Crippen molar-refractivity contribution in [2.45, 2.75) is 32.9 Å². The average molecular weight is 356 g/mol. The number of piperazine rings is 1. The monoisotopic (exact) mass is 356 g/mol. The lowest BCUT2D eigenvalue weighted by Crippen LogP contribution is -2.53. The topological polar surface area (TPSA) is 92.2 Å². The number of anilines is 1. The first-order chi connectivity index (χ1) is 12.5. The van der Waals surface area contributed by atoms with Gasteiger partial charge in [0.05, 0.1) is 6.04 Å². The van der Waals surface area contributed by atoms with Crippen LogP contribution in [0.15, 0.2) is 24.3 Å². The lowest BCUT2D eigenvalue weighted by molar-refractivity contribution is -0.128. The lowest BCUT2D eigenvalue weighted by Gasteiger charge is -2.32. The number of nitrogens with zero attached hydrogens (tertiary/aromatic N) is 4. The van der Waals surface area contributed by atoms with Crippen LogP contribution in [-0.2, 0) is 24.8 Å². The largest absolute Gasteiger partial charge is 0.353 e. The molecule has 2 heterocycles. The maximum atomic E-state index is 12.4. The molecule has 138 valence electrons. The van der Waals surface area contributed by atoms with Crippen molar-refractivity contribution in [3.05, 3.63) is 41.2 Å². The van der Waals surface area contributed by atoms with Gasteiger partial charge in [-0.2, -0.15) is 4.98 Å². The van der Waals surface area contributed by atoms with E-state index in [-0.39, 0.29) is 17.9 Å². The van der Waals surface area contributed by atoms with Crippen molar-refractivity contribution in [2.24, 2.45) is 7.05 Å². The number of carbonyl (C=O) groups is 2. The molecule has 2 N–H and O–H groups in total. The van der Waals surface area contributed by atoms with E-state index >= 15 is 0 Å². The zero-order valence-electron chi connectivity index (χ0n) is 15.3. The number of aromatic nitrogens is 3. The molecular formula is C18H24N6O2. The zero-order chi connectivity index (χ0) is 18.7. The summed E-state index contributed by atoms with van der Waals surface area (Å²) in [6.45, 7) is 6.06. The molecule has 1 fully saturated rings. The number of hydrogen-bond acceptors (Lipinski definition) is 5. The van der Waals surface area contributed by atoms with Crippen LogP contribution in [0.3, 0.4) is 0 Å². The van der Waals surface area contributed by atoms with Crippen LogP contribution in [0.2, 0.25) is 0 Å². The Morgan fingerprint density at radius 3 is 2.73 bits per heavy atom. The molecule has 1 aromatic heterocycles. The SMILES string of the molecule is CCc1nc(NC(=O)c2ccc(CN3CCNC(=O)[C@H]3C)cc2)nn1C. The second-order valence-electron chi connectivity index (χ2n) is 6.42. The smallest absolute Gasteiger partial charge is 0.258 e. The normalized spacial score (nSPS) is 17.8. The molecule has 3 rings (SSSR count). The first-order valence-electron chi connectivity index (χ1n) is 8.80. The Labute approximate surface area is 152 Å². The van der Waals surface area contributed by atoms with E-state index in [0.717, 1.165) is 24.4 Å². The highest BCUT2D eigenvalue weighted by Gasteiger charge is 2.25. The first kappa shape index (κ1) is 18.1. The van der Waals surface area contributed by atoms with Gasteiger partial charge in [-0.25, -0.2) is 0 Å². The van der Waals surface area contributed by atoms with Gasteiger partial charge in [-0.15, -0.1) is 5.10 Å². The molecule has 0 spiro atoms. The maximum Gasteiger partial charge on any atom is 0.258 e. The molecule has 0 aliphatic carbocycles. The highest BCUT2D eigenvalue weighted by atomic mass is 16.2. The van der Waals surface area contributed by atoms with Gasteiger partial charge >= 0.3 is 0 Å². The van der Waals surface area contributed by atoms with Gasteiger partial charge in [-0.1, -0.05) is 19.1 Å². The lowest BCUT2D eigenvalue weighted by atomic mass is 10.1. The molecule has 1 saturated heterocycles. The van der Waals surface area contributed by atoms with E-state index in [2.05, 4.69) is 25.6 Å². The molecule has 0 unspecified atom stereocenters. The van der Waals surface area contributed by atoms with E-state index in [9.17, 15) is 9.59 Å². The Morgan fingerprint density at radius 1 is 1.35 bits per heavy atom. The molecule has 1 aliphatic rings. The van der Waals surface area contributed by atoms with Gasteiger partial charge in [0.1, 0.15) is 5.82 Å². The van der Waals surface area contributed by atoms with Crippen LogP contribution in [0.25, 0.3) is 0 Å². The summed E-state index contributed by atoms with van der Waals surface area (Å²) in [5, 5.41) is 9.77. The zero-order valence-corrected chi connectivity index (χ0v) is 15.3. The molecule has 2 aromatic rings. The van der Waals surface area contributed by atoms with E-state index in [0.29, 0.717) is 24.6 Å². The predicted octanol–water partition coefficient (Wildman–Crippen LogP) is 0.950. The first-order valence-corrected chi connectivity index (χ1v) is 8.80. The molecule has 8 heteroatoms. The summed E-state index contributed by atoms with van der Waals surface area (Å²) >= 11 is 0. The van der Waals surface area contributed by atoms with Crippen molar-refractivity contribution < 1.29 is 9.59 Å². The van der Waals surface area contributed by atoms with Crippen LogP contribution in [0.5, 0.6) is 0 Å².